The van der Waals surface area contributed by atoms with Crippen LogP contribution < -0.4 is 11.2 Å². The molecule has 1 aromatic heterocycles. The molecule has 0 spiro atoms. The molecule has 34 heavy (non-hydrogen) atoms. The molecule has 0 amide bonds. The number of fused-ring (bicyclic) bond motifs is 1. The van der Waals surface area contributed by atoms with Gasteiger partial charge < -0.3 is 0 Å². The largest absolute Gasteiger partial charge is 0.336 e. The average molecular weight is 455 g/mol. The van der Waals surface area contributed by atoms with Crippen molar-refractivity contribution in [1.82, 2.24) is 9.13 Å². The van der Waals surface area contributed by atoms with E-state index in [4.69, 9.17) is 0 Å². The summed E-state index contributed by atoms with van der Waals surface area (Å²) in [6, 6.07) is 21.5. The van der Waals surface area contributed by atoms with Crippen molar-refractivity contribution in [2.45, 2.75) is 47.1 Å². The van der Waals surface area contributed by atoms with E-state index in [1.54, 1.807) is 30.3 Å². The number of benzene rings is 3. The Balaban J connectivity index is 2.10. The van der Waals surface area contributed by atoms with Gasteiger partial charge in [-0.25, -0.2) is 9.36 Å². The molecule has 4 aromatic rings. The summed E-state index contributed by atoms with van der Waals surface area (Å²) in [6.07, 6.45) is 0.353. The van der Waals surface area contributed by atoms with Crippen molar-refractivity contribution in [3.63, 3.8) is 0 Å². The van der Waals surface area contributed by atoms with Crippen molar-refractivity contribution in [3.8, 4) is 5.69 Å². The monoisotopic (exact) mass is 454 g/mol. The van der Waals surface area contributed by atoms with Gasteiger partial charge in [0.05, 0.1) is 16.6 Å². The number of hydrogen-bond donors (Lipinski definition) is 0. The molecule has 0 fully saturated rings. The molecule has 174 valence electrons. The third kappa shape index (κ3) is 4.14. The van der Waals surface area contributed by atoms with Crippen LogP contribution in [-0.2, 0) is 11.2 Å². The Hall–Kier alpha value is -3.73. The number of para-hydroxylation sites is 1. The zero-order chi connectivity index (χ0) is 24.6. The van der Waals surface area contributed by atoms with Gasteiger partial charge in [0.2, 0.25) is 0 Å². The quantitative estimate of drug-likeness (QED) is 0.418. The number of aryl methyl sites for hydroxylation is 1. The van der Waals surface area contributed by atoms with Crippen LogP contribution in [-0.4, -0.2) is 14.9 Å². The summed E-state index contributed by atoms with van der Waals surface area (Å²) in [5, 5.41) is 0.405. The predicted molar refractivity (Wildman–Crippen MR) is 137 cm³/mol. The zero-order valence-corrected chi connectivity index (χ0v) is 20.3. The molecule has 0 aliphatic heterocycles. The average Bonchev–Trinajstić information content (AvgIpc) is 2.81. The Labute approximate surface area is 199 Å². The van der Waals surface area contributed by atoms with E-state index >= 15 is 0 Å². The number of aromatic nitrogens is 2. The Bertz CT molecular complexity index is 1490. The molecule has 4 rings (SSSR count). The van der Waals surface area contributed by atoms with Gasteiger partial charge in [-0.1, -0.05) is 75.4 Å². The van der Waals surface area contributed by atoms with E-state index in [9.17, 15) is 14.4 Å². The molecular weight excluding hydrogens is 424 g/mol. The number of Topliss-reactive ketones (excluding diaryl/α,β-unsaturated/α-hetero) is 1. The van der Waals surface area contributed by atoms with E-state index in [0.717, 1.165) is 16.7 Å². The summed E-state index contributed by atoms with van der Waals surface area (Å²) in [5.41, 5.74) is 2.23. The summed E-state index contributed by atoms with van der Waals surface area (Å²) >= 11 is 0. The SMILES string of the molecule is Cc1cccc(-n2c(=O)c3ccccc3n(C(Cc3ccccc3)C(=O)C(C)(C)C)c2=O)c1C. The lowest BCUT2D eigenvalue weighted by Crippen LogP contribution is -2.44. The fraction of sp³-hybridized carbons (Fsp3) is 0.276. The lowest BCUT2D eigenvalue weighted by atomic mass is 9.84. The maximum atomic E-state index is 14.1. The van der Waals surface area contributed by atoms with Crippen molar-refractivity contribution in [3.05, 3.63) is 110 Å². The van der Waals surface area contributed by atoms with Gasteiger partial charge in [-0.3, -0.25) is 14.2 Å². The lowest BCUT2D eigenvalue weighted by molar-refractivity contribution is -0.129. The van der Waals surface area contributed by atoms with Crippen molar-refractivity contribution in [2.24, 2.45) is 5.41 Å². The zero-order valence-electron chi connectivity index (χ0n) is 20.3. The molecule has 0 aliphatic carbocycles. The highest BCUT2D eigenvalue weighted by molar-refractivity contribution is 5.89. The second kappa shape index (κ2) is 8.90. The predicted octanol–water partition coefficient (Wildman–Crippen LogP) is 5.17. The number of hydrogen-bond acceptors (Lipinski definition) is 3. The molecule has 5 nitrogen and oxygen atoms in total. The van der Waals surface area contributed by atoms with Gasteiger partial charge in [0, 0.05) is 11.8 Å². The Morgan fingerprint density at radius 2 is 1.50 bits per heavy atom. The highest BCUT2D eigenvalue weighted by atomic mass is 16.2. The Morgan fingerprint density at radius 1 is 0.853 bits per heavy atom. The Kier molecular flexibility index (Phi) is 6.13. The minimum Gasteiger partial charge on any atom is -0.297 e. The maximum Gasteiger partial charge on any atom is 0.336 e. The van der Waals surface area contributed by atoms with E-state index in [0.29, 0.717) is 23.0 Å². The van der Waals surface area contributed by atoms with Gasteiger partial charge in [0.25, 0.3) is 5.56 Å². The fourth-order valence-electron chi connectivity index (χ4n) is 4.41. The van der Waals surface area contributed by atoms with Crippen molar-refractivity contribution in [2.75, 3.05) is 0 Å². The summed E-state index contributed by atoms with van der Waals surface area (Å²) in [5.74, 6) is -0.0604. The molecule has 3 aromatic carbocycles. The van der Waals surface area contributed by atoms with Gasteiger partial charge in [-0.15, -0.1) is 0 Å². The van der Waals surface area contributed by atoms with Crippen LogP contribution in [0.2, 0.25) is 0 Å². The highest BCUT2D eigenvalue weighted by Crippen LogP contribution is 2.28. The fourth-order valence-corrected chi connectivity index (χ4v) is 4.41. The Morgan fingerprint density at radius 3 is 2.18 bits per heavy atom. The van der Waals surface area contributed by atoms with Crippen LogP contribution in [0.1, 0.15) is 43.5 Å². The summed E-state index contributed by atoms with van der Waals surface area (Å²) < 4.78 is 2.75. The first kappa shape index (κ1) is 23.4. The number of ketones is 1. The van der Waals surface area contributed by atoms with Crippen LogP contribution in [0.3, 0.4) is 0 Å². The molecule has 5 heteroatoms. The van der Waals surface area contributed by atoms with E-state index in [-0.39, 0.29) is 11.3 Å². The standard InChI is InChI=1S/C29H30N2O3/c1-19-12-11-17-23(20(19)2)31-27(33)22-15-9-10-16-24(22)30(28(31)34)25(26(32)29(3,4)5)18-21-13-7-6-8-14-21/h6-17,25H,18H2,1-5H3. The van der Waals surface area contributed by atoms with Crippen molar-refractivity contribution in [1.29, 1.82) is 0 Å². The second-order valence-electron chi connectivity index (χ2n) is 9.85. The van der Waals surface area contributed by atoms with E-state index < -0.39 is 17.1 Å². The summed E-state index contributed by atoms with van der Waals surface area (Å²) in [7, 11) is 0. The van der Waals surface area contributed by atoms with Gasteiger partial charge in [0.15, 0.2) is 5.78 Å². The van der Waals surface area contributed by atoms with Gasteiger partial charge in [0.1, 0.15) is 6.04 Å². The van der Waals surface area contributed by atoms with Crippen LogP contribution >= 0.6 is 0 Å². The molecule has 0 saturated heterocycles. The van der Waals surface area contributed by atoms with Crippen molar-refractivity contribution >= 4 is 16.7 Å². The first-order valence-electron chi connectivity index (χ1n) is 11.5. The summed E-state index contributed by atoms with van der Waals surface area (Å²) in [4.78, 5) is 41.5. The second-order valence-corrected chi connectivity index (χ2v) is 9.85. The number of nitrogens with zero attached hydrogens (tertiary/aromatic N) is 2. The van der Waals surface area contributed by atoms with Gasteiger partial charge in [-0.05, 0) is 48.7 Å². The number of rotatable bonds is 5. The minimum absolute atomic E-state index is 0.0604. The smallest absolute Gasteiger partial charge is 0.297 e. The van der Waals surface area contributed by atoms with Gasteiger partial charge in [-0.2, -0.15) is 0 Å². The molecular formula is C29H30N2O3. The van der Waals surface area contributed by atoms with Crippen LogP contribution in [0, 0.1) is 19.3 Å². The number of carbonyl (C=O) groups excluding carboxylic acids is 1. The maximum absolute atomic E-state index is 14.1. The van der Waals surface area contributed by atoms with Crippen molar-refractivity contribution < 1.29 is 4.79 Å². The first-order chi connectivity index (χ1) is 16.1. The van der Waals surface area contributed by atoms with Crippen LogP contribution in [0.25, 0.3) is 16.6 Å². The highest BCUT2D eigenvalue weighted by Gasteiger charge is 2.33. The van der Waals surface area contributed by atoms with E-state index in [2.05, 4.69) is 0 Å². The van der Waals surface area contributed by atoms with Crippen LogP contribution in [0.15, 0.2) is 82.4 Å². The first-order valence-corrected chi connectivity index (χ1v) is 11.5. The number of carbonyl (C=O) groups is 1. The molecule has 1 heterocycles. The third-order valence-corrected chi connectivity index (χ3v) is 6.44. The molecule has 0 radical (unpaired) electrons. The molecule has 1 unspecified atom stereocenters. The van der Waals surface area contributed by atoms with Gasteiger partial charge >= 0.3 is 5.69 Å². The van der Waals surface area contributed by atoms with E-state index in [1.165, 1.54) is 9.13 Å². The lowest BCUT2D eigenvalue weighted by Gasteiger charge is -2.28. The molecule has 0 bridgehead atoms. The third-order valence-electron chi connectivity index (χ3n) is 6.44. The molecule has 0 aliphatic rings. The molecule has 1 atom stereocenters. The van der Waals surface area contributed by atoms with Crippen LogP contribution in [0.5, 0.6) is 0 Å². The summed E-state index contributed by atoms with van der Waals surface area (Å²) in [6.45, 7) is 9.44. The molecule has 0 saturated carbocycles. The van der Waals surface area contributed by atoms with Crippen LogP contribution in [0.4, 0.5) is 0 Å². The minimum atomic E-state index is -0.767. The topological polar surface area (TPSA) is 61.1 Å². The molecule has 0 N–H and O–H groups in total. The van der Waals surface area contributed by atoms with E-state index in [1.807, 2.05) is 77.1 Å². The normalized spacial score (nSPS) is 12.6.